The molecule has 0 aromatic carbocycles. The molecule has 1 saturated heterocycles. The Hall–Kier alpha value is -0.610. The van der Waals surface area contributed by atoms with Gasteiger partial charge in [-0.1, -0.05) is 32.1 Å². The maximum absolute atomic E-state index is 12.5. The van der Waals surface area contributed by atoms with Gasteiger partial charge in [-0.05, 0) is 25.7 Å². The number of hydrogen-bond acceptors (Lipinski definition) is 3. The van der Waals surface area contributed by atoms with Gasteiger partial charge in [-0.25, -0.2) is 0 Å². The van der Waals surface area contributed by atoms with Gasteiger partial charge in [0, 0.05) is 31.2 Å². The smallest absolute Gasteiger partial charge is 0.237 e. The average Bonchev–Trinajstić information content (AvgIpc) is 2.49. The van der Waals surface area contributed by atoms with Crippen LogP contribution in [0.25, 0.3) is 0 Å². The quantitative estimate of drug-likeness (QED) is 0.837. The van der Waals surface area contributed by atoms with E-state index >= 15 is 0 Å². The van der Waals surface area contributed by atoms with Crippen LogP contribution in [0.4, 0.5) is 0 Å². The number of nitrogens with two attached hydrogens (primary N) is 1. The van der Waals surface area contributed by atoms with Crippen LogP contribution >= 0.6 is 0 Å². The number of rotatable bonds is 2. The van der Waals surface area contributed by atoms with Crippen molar-refractivity contribution in [2.24, 2.45) is 5.73 Å². The summed E-state index contributed by atoms with van der Waals surface area (Å²) in [6.07, 6.45) is 11.3. The summed E-state index contributed by atoms with van der Waals surface area (Å²) in [5.41, 5.74) is 6.24. The van der Waals surface area contributed by atoms with Crippen molar-refractivity contribution in [2.45, 2.75) is 75.9 Å². The fraction of sp³-hybridized carbons (Fsp3) is 0.938. The Balaban J connectivity index is 1.57. The first-order chi connectivity index (χ1) is 9.75. The van der Waals surface area contributed by atoms with Crippen LogP contribution in [-0.4, -0.2) is 53.5 Å². The molecule has 0 aromatic rings. The molecular formula is C16H29N3O. The maximum atomic E-state index is 12.5. The van der Waals surface area contributed by atoms with Crippen molar-refractivity contribution in [1.29, 1.82) is 0 Å². The molecule has 0 spiro atoms. The number of amides is 1. The number of carbonyl (C=O) groups excluding carboxylic acids is 1. The molecule has 20 heavy (non-hydrogen) atoms. The van der Waals surface area contributed by atoms with E-state index in [0.29, 0.717) is 24.5 Å². The molecule has 2 atom stereocenters. The van der Waals surface area contributed by atoms with E-state index in [1.807, 2.05) is 0 Å². The van der Waals surface area contributed by atoms with Crippen molar-refractivity contribution >= 4 is 5.91 Å². The van der Waals surface area contributed by atoms with E-state index in [9.17, 15) is 4.79 Å². The van der Waals surface area contributed by atoms with Gasteiger partial charge < -0.3 is 10.6 Å². The minimum atomic E-state index is 0.203. The lowest BCUT2D eigenvalue weighted by atomic mass is 9.89. The first-order valence-corrected chi connectivity index (χ1v) is 8.55. The van der Waals surface area contributed by atoms with E-state index in [4.69, 9.17) is 5.73 Å². The SMILES string of the molecule is N[C@H]1CCCC[C@@H]1N1CCN(C2CCCCC2)CC1=O. The molecule has 3 rings (SSSR count). The summed E-state index contributed by atoms with van der Waals surface area (Å²) in [7, 11) is 0. The maximum Gasteiger partial charge on any atom is 0.237 e. The van der Waals surface area contributed by atoms with E-state index in [1.165, 1.54) is 44.9 Å². The van der Waals surface area contributed by atoms with Crippen molar-refractivity contribution < 1.29 is 4.79 Å². The lowest BCUT2D eigenvalue weighted by molar-refractivity contribution is -0.141. The van der Waals surface area contributed by atoms with E-state index < -0.39 is 0 Å². The van der Waals surface area contributed by atoms with E-state index in [0.717, 1.165) is 25.9 Å². The number of piperazine rings is 1. The van der Waals surface area contributed by atoms with Crippen LogP contribution in [0.15, 0.2) is 0 Å². The van der Waals surface area contributed by atoms with E-state index in [1.54, 1.807) is 0 Å². The van der Waals surface area contributed by atoms with Gasteiger partial charge in [0.15, 0.2) is 0 Å². The summed E-state index contributed by atoms with van der Waals surface area (Å²) >= 11 is 0. The molecule has 2 N–H and O–H groups in total. The molecule has 2 saturated carbocycles. The number of carbonyl (C=O) groups is 1. The van der Waals surface area contributed by atoms with Gasteiger partial charge in [-0.3, -0.25) is 9.69 Å². The summed E-state index contributed by atoms with van der Waals surface area (Å²) in [4.78, 5) is 17.1. The number of hydrogen-bond donors (Lipinski definition) is 1. The van der Waals surface area contributed by atoms with E-state index in [-0.39, 0.29) is 6.04 Å². The van der Waals surface area contributed by atoms with Crippen LogP contribution in [0, 0.1) is 0 Å². The Bertz CT molecular complexity index is 341. The second-order valence-electron chi connectivity index (χ2n) is 6.87. The molecule has 4 heteroatoms. The molecule has 1 amide bonds. The van der Waals surface area contributed by atoms with Gasteiger partial charge >= 0.3 is 0 Å². The van der Waals surface area contributed by atoms with Crippen LogP contribution in [0.2, 0.25) is 0 Å². The second-order valence-corrected chi connectivity index (χ2v) is 6.87. The Morgan fingerprint density at radius 3 is 2.30 bits per heavy atom. The molecule has 2 aliphatic carbocycles. The Morgan fingerprint density at radius 1 is 0.900 bits per heavy atom. The van der Waals surface area contributed by atoms with Crippen LogP contribution in [0.3, 0.4) is 0 Å². The van der Waals surface area contributed by atoms with Crippen molar-refractivity contribution in [3.05, 3.63) is 0 Å². The van der Waals surface area contributed by atoms with Crippen LogP contribution < -0.4 is 5.73 Å². The third-order valence-electron chi connectivity index (χ3n) is 5.56. The monoisotopic (exact) mass is 279 g/mol. The normalized spacial score (nSPS) is 34.5. The summed E-state index contributed by atoms with van der Waals surface area (Å²) in [6, 6.07) is 1.17. The van der Waals surface area contributed by atoms with Crippen LogP contribution in [0.5, 0.6) is 0 Å². The van der Waals surface area contributed by atoms with Crippen molar-refractivity contribution in [3.8, 4) is 0 Å². The summed E-state index contributed by atoms with van der Waals surface area (Å²) in [5, 5.41) is 0. The summed E-state index contributed by atoms with van der Waals surface area (Å²) < 4.78 is 0. The molecule has 1 heterocycles. The standard InChI is InChI=1S/C16H29N3O/c17-14-8-4-5-9-15(14)19-11-10-18(12-16(19)20)13-6-2-1-3-7-13/h13-15H,1-12,17H2/t14-,15-/m0/s1. The topological polar surface area (TPSA) is 49.6 Å². The zero-order chi connectivity index (χ0) is 13.9. The average molecular weight is 279 g/mol. The molecule has 3 aliphatic rings. The van der Waals surface area contributed by atoms with Gasteiger partial charge in [0.05, 0.1) is 6.54 Å². The minimum Gasteiger partial charge on any atom is -0.336 e. The molecule has 0 aromatic heterocycles. The van der Waals surface area contributed by atoms with Gasteiger partial charge in [-0.15, -0.1) is 0 Å². The van der Waals surface area contributed by atoms with Crippen LogP contribution in [-0.2, 0) is 4.79 Å². The van der Waals surface area contributed by atoms with E-state index in [2.05, 4.69) is 9.80 Å². The molecule has 3 fully saturated rings. The highest BCUT2D eigenvalue weighted by atomic mass is 16.2. The van der Waals surface area contributed by atoms with Crippen molar-refractivity contribution in [1.82, 2.24) is 9.80 Å². The van der Waals surface area contributed by atoms with Gasteiger partial charge in [0.1, 0.15) is 0 Å². The molecule has 0 radical (unpaired) electrons. The molecule has 0 unspecified atom stereocenters. The summed E-state index contributed by atoms with van der Waals surface area (Å²) in [5.74, 6) is 0.323. The molecular weight excluding hydrogens is 250 g/mol. The molecule has 114 valence electrons. The lowest BCUT2D eigenvalue weighted by Gasteiger charge is -2.45. The largest absolute Gasteiger partial charge is 0.336 e. The fourth-order valence-corrected chi connectivity index (χ4v) is 4.34. The van der Waals surface area contributed by atoms with Crippen molar-refractivity contribution in [2.75, 3.05) is 19.6 Å². The highest BCUT2D eigenvalue weighted by molar-refractivity contribution is 5.79. The Morgan fingerprint density at radius 2 is 1.60 bits per heavy atom. The molecule has 4 nitrogen and oxygen atoms in total. The minimum absolute atomic E-state index is 0.203. The zero-order valence-corrected chi connectivity index (χ0v) is 12.6. The molecule has 1 aliphatic heterocycles. The first kappa shape index (κ1) is 14.3. The van der Waals surface area contributed by atoms with Gasteiger partial charge in [-0.2, -0.15) is 0 Å². The predicted molar refractivity (Wildman–Crippen MR) is 80.4 cm³/mol. The van der Waals surface area contributed by atoms with Gasteiger partial charge in [0.2, 0.25) is 5.91 Å². The first-order valence-electron chi connectivity index (χ1n) is 8.55. The third kappa shape index (κ3) is 3.01. The fourth-order valence-electron chi connectivity index (χ4n) is 4.34. The zero-order valence-electron chi connectivity index (χ0n) is 12.6. The predicted octanol–water partition coefficient (Wildman–Crippen LogP) is 1.73. The van der Waals surface area contributed by atoms with Crippen molar-refractivity contribution in [3.63, 3.8) is 0 Å². The van der Waals surface area contributed by atoms with Crippen LogP contribution in [0.1, 0.15) is 57.8 Å². The lowest BCUT2D eigenvalue weighted by Crippen LogP contribution is -2.60. The highest BCUT2D eigenvalue weighted by Gasteiger charge is 2.35. The highest BCUT2D eigenvalue weighted by Crippen LogP contribution is 2.27. The van der Waals surface area contributed by atoms with Gasteiger partial charge in [0.25, 0.3) is 0 Å². The molecule has 0 bridgehead atoms. The summed E-state index contributed by atoms with van der Waals surface area (Å²) in [6.45, 7) is 2.58. The second kappa shape index (κ2) is 6.44. The Kier molecular flexibility index (Phi) is 4.61. The Labute approximate surface area is 122 Å². The number of nitrogens with zero attached hydrogens (tertiary/aromatic N) is 2. The third-order valence-corrected chi connectivity index (χ3v) is 5.56.